The summed E-state index contributed by atoms with van der Waals surface area (Å²) < 4.78 is 38.5. The maximum atomic E-state index is 12.8. The van der Waals surface area contributed by atoms with E-state index in [0.29, 0.717) is 30.5 Å². The third-order valence-corrected chi connectivity index (χ3v) is 6.72. The molecule has 156 valence electrons. The number of aromatic nitrogens is 1. The molecular weight excluding hydrogens is 402 g/mol. The van der Waals surface area contributed by atoms with Crippen molar-refractivity contribution in [2.75, 3.05) is 33.2 Å². The fourth-order valence-corrected chi connectivity index (χ4v) is 4.45. The Morgan fingerprint density at radius 3 is 1.97 bits per heavy atom. The molecule has 1 fully saturated rings. The molecule has 7 nitrogen and oxygen atoms in total. The molecule has 2 heterocycles. The fourth-order valence-electron chi connectivity index (χ4n) is 3.08. The summed E-state index contributed by atoms with van der Waals surface area (Å²) in [5.41, 5.74) is 0. The zero-order chi connectivity index (χ0) is 21.0. The zero-order valence-corrected chi connectivity index (χ0v) is 17.5. The Balaban J connectivity index is 1.40. The molecule has 0 bridgehead atoms. The van der Waals surface area contributed by atoms with E-state index in [-0.39, 0.29) is 4.90 Å². The van der Waals surface area contributed by atoms with Gasteiger partial charge in [0.2, 0.25) is 15.9 Å². The van der Waals surface area contributed by atoms with Gasteiger partial charge >= 0.3 is 0 Å². The van der Waals surface area contributed by atoms with E-state index in [0.717, 1.165) is 18.8 Å². The van der Waals surface area contributed by atoms with E-state index >= 15 is 0 Å². The van der Waals surface area contributed by atoms with Crippen molar-refractivity contribution in [3.05, 3.63) is 72.9 Å². The van der Waals surface area contributed by atoms with E-state index in [2.05, 4.69) is 9.88 Å². The topological polar surface area (TPSA) is 72.0 Å². The molecule has 1 aliphatic heterocycles. The quantitative estimate of drug-likeness (QED) is 0.601. The smallest absolute Gasteiger partial charge is 0.244 e. The number of pyridine rings is 1. The van der Waals surface area contributed by atoms with E-state index in [4.69, 9.17) is 9.47 Å². The molecule has 3 aromatic rings. The normalized spacial score (nSPS) is 15.6. The maximum Gasteiger partial charge on any atom is 0.244 e. The van der Waals surface area contributed by atoms with Crippen LogP contribution in [0.3, 0.4) is 0 Å². The van der Waals surface area contributed by atoms with E-state index in [1.54, 1.807) is 30.3 Å². The summed E-state index contributed by atoms with van der Waals surface area (Å²) in [4.78, 5) is 6.45. The van der Waals surface area contributed by atoms with Gasteiger partial charge in [0.05, 0.1) is 6.20 Å². The Kier molecular flexibility index (Phi) is 5.98. The molecule has 1 saturated heterocycles. The molecule has 8 heteroatoms. The maximum absolute atomic E-state index is 12.8. The lowest BCUT2D eigenvalue weighted by Gasteiger charge is -2.31. The Morgan fingerprint density at radius 2 is 1.37 bits per heavy atom. The summed E-state index contributed by atoms with van der Waals surface area (Å²) in [6.07, 6.45) is 1.34. The highest BCUT2D eigenvalue weighted by atomic mass is 32.2. The second kappa shape index (κ2) is 8.83. The molecule has 0 radical (unpaired) electrons. The molecular formula is C22H23N3O4S. The second-order valence-electron chi connectivity index (χ2n) is 7.03. The number of rotatable bonds is 6. The molecule has 0 saturated carbocycles. The molecule has 0 aliphatic carbocycles. The SMILES string of the molecule is CN1CCN(S(=O)(=O)c2ccc(Oc3ccc(Oc4ccccc4)cc3)nc2)CC1. The minimum absolute atomic E-state index is 0.172. The predicted molar refractivity (Wildman–Crippen MR) is 114 cm³/mol. The van der Waals surface area contributed by atoms with Crippen molar-refractivity contribution in [1.29, 1.82) is 0 Å². The number of benzene rings is 2. The van der Waals surface area contributed by atoms with Crippen molar-refractivity contribution in [3.63, 3.8) is 0 Å². The third-order valence-electron chi connectivity index (χ3n) is 4.83. The second-order valence-corrected chi connectivity index (χ2v) is 8.97. The van der Waals surface area contributed by atoms with Crippen LogP contribution in [-0.2, 0) is 10.0 Å². The van der Waals surface area contributed by atoms with Crippen LogP contribution in [0, 0.1) is 0 Å². The van der Waals surface area contributed by atoms with Gasteiger partial charge in [0, 0.05) is 32.2 Å². The van der Waals surface area contributed by atoms with E-state index < -0.39 is 10.0 Å². The lowest BCUT2D eigenvalue weighted by atomic mass is 10.3. The molecule has 0 N–H and O–H groups in total. The van der Waals surface area contributed by atoms with Gasteiger partial charge in [-0.25, -0.2) is 13.4 Å². The molecule has 2 aromatic carbocycles. The van der Waals surface area contributed by atoms with Gasteiger partial charge in [-0.05, 0) is 49.5 Å². The summed E-state index contributed by atoms with van der Waals surface area (Å²) in [6, 6.07) is 19.8. The minimum atomic E-state index is -3.54. The standard InChI is InChI=1S/C22H23N3O4S/c1-24-13-15-25(16-14-24)30(26,27)21-11-12-22(23-17-21)29-20-9-7-19(8-10-20)28-18-5-3-2-4-6-18/h2-12,17H,13-16H2,1H3. The van der Waals surface area contributed by atoms with Crippen LogP contribution in [0.1, 0.15) is 0 Å². The van der Waals surface area contributed by atoms with Gasteiger partial charge < -0.3 is 14.4 Å². The van der Waals surface area contributed by atoms with Gasteiger partial charge in [-0.1, -0.05) is 18.2 Å². The highest BCUT2D eigenvalue weighted by molar-refractivity contribution is 7.89. The molecule has 0 amide bonds. The largest absolute Gasteiger partial charge is 0.457 e. The Bertz CT molecular complexity index is 1060. The lowest BCUT2D eigenvalue weighted by molar-refractivity contribution is 0.222. The van der Waals surface area contributed by atoms with Gasteiger partial charge in [-0.3, -0.25) is 0 Å². The highest BCUT2D eigenvalue weighted by Crippen LogP contribution is 2.26. The van der Waals surface area contributed by atoms with Crippen LogP contribution in [-0.4, -0.2) is 55.8 Å². The number of piperazine rings is 1. The Labute approximate surface area is 176 Å². The summed E-state index contributed by atoms with van der Waals surface area (Å²) in [5.74, 6) is 2.35. The van der Waals surface area contributed by atoms with Crippen LogP contribution in [0.2, 0.25) is 0 Å². The van der Waals surface area contributed by atoms with E-state index in [1.807, 2.05) is 37.4 Å². The number of likely N-dealkylation sites (N-methyl/N-ethyl adjacent to an activating group) is 1. The number of sulfonamides is 1. The van der Waals surface area contributed by atoms with E-state index in [9.17, 15) is 8.42 Å². The molecule has 0 unspecified atom stereocenters. The zero-order valence-electron chi connectivity index (χ0n) is 16.6. The first kappa shape index (κ1) is 20.3. The van der Waals surface area contributed by atoms with Crippen molar-refractivity contribution < 1.29 is 17.9 Å². The monoisotopic (exact) mass is 425 g/mol. The highest BCUT2D eigenvalue weighted by Gasteiger charge is 2.27. The average molecular weight is 426 g/mol. The molecule has 0 spiro atoms. The molecule has 4 rings (SSSR count). The van der Waals surface area contributed by atoms with Crippen LogP contribution in [0.4, 0.5) is 0 Å². The van der Waals surface area contributed by atoms with E-state index in [1.165, 1.54) is 16.6 Å². The van der Waals surface area contributed by atoms with Crippen LogP contribution in [0.5, 0.6) is 23.1 Å². The van der Waals surface area contributed by atoms with Crippen molar-refractivity contribution in [1.82, 2.24) is 14.2 Å². The third kappa shape index (κ3) is 4.79. The van der Waals surface area contributed by atoms with Gasteiger partial charge in [-0.2, -0.15) is 4.31 Å². The van der Waals surface area contributed by atoms with Crippen LogP contribution >= 0.6 is 0 Å². The van der Waals surface area contributed by atoms with Crippen LogP contribution in [0.25, 0.3) is 0 Å². The number of hydrogen-bond donors (Lipinski definition) is 0. The Hall–Kier alpha value is -2.94. The number of para-hydroxylation sites is 1. The molecule has 30 heavy (non-hydrogen) atoms. The molecule has 1 aromatic heterocycles. The summed E-state index contributed by atoms with van der Waals surface area (Å²) in [6.45, 7) is 2.40. The minimum Gasteiger partial charge on any atom is -0.457 e. The first-order chi connectivity index (χ1) is 14.5. The average Bonchev–Trinajstić information content (AvgIpc) is 2.77. The van der Waals surface area contributed by atoms with Crippen molar-refractivity contribution in [2.45, 2.75) is 4.90 Å². The van der Waals surface area contributed by atoms with Crippen molar-refractivity contribution in [2.24, 2.45) is 0 Å². The lowest BCUT2D eigenvalue weighted by Crippen LogP contribution is -2.47. The number of ether oxygens (including phenoxy) is 2. The summed E-state index contributed by atoms with van der Waals surface area (Å²) in [7, 11) is -1.55. The van der Waals surface area contributed by atoms with Gasteiger partial charge in [-0.15, -0.1) is 0 Å². The van der Waals surface area contributed by atoms with Gasteiger partial charge in [0.25, 0.3) is 0 Å². The first-order valence-electron chi connectivity index (χ1n) is 9.66. The van der Waals surface area contributed by atoms with Crippen molar-refractivity contribution in [3.8, 4) is 23.1 Å². The Morgan fingerprint density at radius 1 is 0.767 bits per heavy atom. The molecule has 0 atom stereocenters. The fraction of sp³-hybridized carbons (Fsp3) is 0.227. The molecule has 1 aliphatic rings. The van der Waals surface area contributed by atoms with Crippen LogP contribution in [0.15, 0.2) is 77.8 Å². The van der Waals surface area contributed by atoms with Gasteiger partial charge in [0.1, 0.15) is 22.1 Å². The summed E-state index contributed by atoms with van der Waals surface area (Å²) >= 11 is 0. The van der Waals surface area contributed by atoms with Crippen molar-refractivity contribution >= 4 is 10.0 Å². The predicted octanol–water partition coefficient (Wildman–Crippen LogP) is 3.60. The first-order valence-corrected chi connectivity index (χ1v) is 11.1. The number of hydrogen-bond acceptors (Lipinski definition) is 6. The summed E-state index contributed by atoms with van der Waals surface area (Å²) in [5, 5.41) is 0. The van der Waals surface area contributed by atoms with Crippen LogP contribution < -0.4 is 9.47 Å². The van der Waals surface area contributed by atoms with Gasteiger partial charge in [0.15, 0.2) is 0 Å². The number of nitrogens with zero attached hydrogens (tertiary/aromatic N) is 3.